The van der Waals surface area contributed by atoms with Crippen LogP contribution in [0, 0.1) is 0 Å². The first-order valence-corrected chi connectivity index (χ1v) is 9.41. The summed E-state index contributed by atoms with van der Waals surface area (Å²) in [5.74, 6) is 0. The summed E-state index contributed by atoms with van der Waals surface area (Å²) in [4.78, 5) is 0. The second-order valence-electron chi connectivity index (χ2n) is 3.42. The smallest absolute Gasteiger partial charge is 0.191 e. The van der Waals surface area contributed by atoms with Gasteiger partial charge >= 0.3 is 0 Å². The molecule has 0 aliphatic heterocycles. The normalized spacial score (nSPS) is 10.5. The van der Waals surface area contributed by atoms with Gasteiger partial charge in [-0.15, -0.1) is 0 Å². The van der Waals surface area contributed by atoms with Gasteiger partial charge in [0, 0.05) is 13.7 Å². The molecule has 0 saturated carbocycles. The summed E-state index contributed by atoms with van der Waals surface area (Å²) in [5.41, 5.74) is 0. The highest BCUT2D eigenvalue weighted by molar-refractivity contribution is 6.48. The van der Waals surface area contributed by atoms with Crippen LogP contribution in [-0.4, -0.2) is 32.5 Å². The minimum atomic E-state index is -0.671. The second-order valence-corrected chi connectivity index (χ2v) is 7.54. The van der Waals surface area contributed by atoms with E-state index >= 15 is 0 Å². The van der Waals surface area contributed by atoms with Crippen LogP contribution in [0.4, 0.5) is 0 Å². The first-order valence-electron chi connectivity index (χ1n) is 5.35. The third-order valence-electron chi connectivity index (χ3n) is 1.65. The lowest BCUT2D eigenvalue weighted by atomic mass is 10.4. The maximum absolute atomic E-state index is 5.18. The SMILES string of the molecule is CCO[SiH](C)C.CO[SiH2]c1ccccc1. The fraction of sp³-hybridized carbons (Fsp3) is 0.455. The van der Waals surface area contributed by atoms with Crippen molar-refractivity contribution in [2.75, 3.05) is 13.7 Å². The summed E-state index contributed by atoms with van der Waals surface area (Å²) >= 11 is 0. The largest absolute Gasteiger partial charge is 0.422 e. The van der Waals surface area contributed by atoms with Gasteiger partial charge in [-0.3, -0.25) is 0 Å². The van der Waals surface area contributed by atoms with Gasteiger partial charge in [-0.2, -0.15) is 0 Å². The average Bonchev–Trinajstić information content (AvgIpc) is 2.20. The summed E-state index contributed by atoms with van der Waals surface area (Å²) in [6.45, 7) is 7.27. The molecule has 0 amide bonds. The third kappa shape index (κ3) is 9.87. The van der Waals surface area contributed by atoms with E-state index < -0.39 is 18.8 Å². The zero-order chi connectivity index (χ0) is 11.5. The van der Waals surface area contributed by atoms with Gasteiger partial charge < -0.3 is 8.85 Å². The van der Waals surface area contributed by atoms with Crippen molar-refractivity contribution in [3.8, 4) is 0 Å². The van der Waals surface area contributed by atoms with Crippen molar-refractivity contribution in [2.24, 2.45) is 0 Å². The molecular formula is C11H22O2Si2. The van der Waals surface area contributed by atoms with E-state index in [1.54, 1.807) is 7.11 Å². The van der Waals surface area contributed by atoms with Crippen molar-refractivity contribution in [3.05, 3.63) is 30.3 Å². The summed E-state index contributed by atoms with van der Waals surface area (Å²) in [6, 6.07) is 10.3. The van der Waals surface area contributed by atoms with Crippen LogP contribution < -0.4 is 5.19 Å². The Balaban J connectivity index is 0.000000288. The van der Waals surface area contributed by atoms with Crippen LogP contribution in [0.25, 0.3) is 0 Å². The van der Waals surface area contributed by atoms with Crippen LogP contribution in [0.2, 0.25) is 13.1 Å². The summed E-state index contributed by atoms with van der Waals surface area (Å²) in [7, 11) is 0.692. The van der Waals surface area contributed by atoms with E-state index in [0.717, 1.165) is 6.61 Å². The zero-order valence-corrected chi connectivity index (χ0v) is 12.8. The van der Waals surface area contributed by atoms with Gasteiger partial charge in [0.2, 0.25) is 0 Å². The molecule has 0 unspecified atom stereocenters. The monoisotopic (exact) mass is 242 g/mol. The molecule has 1 aromatic rings. The minimum Gasteiger partial charge on any atom is -0.422 e. The Morgan fingerprint density at radius 1 is 1.20 bits per heavy atom. The van der Waals surface area contributed by atoms with Gasteiger partial charge in [-0.05, 0) is 25.2 Å². The van der Waals surface area contributed by atoms with Crippen LogP contribution >= 0.6 is 0 Å². The summed E-state index contributed by atoms with van der Waals surface area (Å²) < 4.78 is 10.2. The average molecular weight is 242 g/mol. The highest BCUT2D eigenvalue weighted by atomic mass is 28.3. The van der Waals surface area contributed by atoms with E-state index in [1.807, 2.05) is 25.1 Å². The molecule has 0 radical (unpaired) electrons. The van der Waals surface area contributed by atoms with Crippen LogP contribution in [0.1, 0.15) is 6.92 Å². The topological polar surface area (TPSA) is 18.5 Å². The molecule has 4 heteroatoms. The molecule has 1 rings (SSSR count). The quantitative estimate of drug-likeness (QED) is 0.735. The van der Waals surface area contributed by atoms with Crippen molar-refractivity contribution in [1.29, 1.82) is 0 Å². The fourth-order valence-electron chi connectivity index (χ4n) is 1.07. The first kappa shape index (κ1) is 14.6. The molecule has 0 fully saturated rings. The molecule has 2 nitrogen and oxygen atoms in total. The van der Waals surface area contributed by atoms with Crippen LogP contribution in [-0.2, 0) is 8.85 Å². The molecule has 0 N–H and O–H groups in total. The molecule has 0 saturated heterocycles. The molecule has 0 aromatic heterocycles. The van der Waals surface area contributed by atoms with E-state index in [-0.39, 0.29) is 0 Å². The second kappa shape index (κ2) is 10.1. The Hall–Kier alpha value is -0.426. The van der Waals surface area contributed by atoms with Crippen molar-refractivity contribution in [1.82, 2.24) is 0 Å². The highest BCUT2D eigenvalue weighted by Crippen LogP contribution is 1.80. The Morgan fingerprint density at radius 3 is 2.13 bits per heavy atom. The number of hydrogen-bond acceptors (Lipinski definition) is 2. The molecule has 0 aliphatic rings. The van der Waals surface area contributed by atoms with E-state index in [2.05, 4.69) is 25.2 Å². The lowest BCUT2D eigenvalue weighted by Crippen LogP contribution is -2.14. The van der Waals surface area contributed by atoms with E-state index in [4.69, 9.17) is 8.85 Å². The molecule has 0 bridgehead atoms. The predicted molar refractivity (Wildman–Crippen MR) is 72.1 cm³/mol. The third-order valence-corrected chi connectivity index (χ3v) is 3.75. The van der Waals surface area contributed by atoms with Gasteiger partial charge in [0.05, 0.1) is 0 Å². The Bertz CT molecular complexity index is 227. The Kier molecular flexibility index (Phi) is 9.82. The molecule has 86 valence electrons. The molecule has 0 heterocycles. The fourth-order valence-corrected chi connectivity index (χ4v) is 2.54. The van der Waals surface area contributed by atoms with Gasteiger partial charge in [0.25, 0.3) is 0 Å². The van der Waals surface area contributed by atoms with Crippen molar-refractivity contribution >= 4 is 24.0 Å². The van der Waals surface area contributed by atoms with Crippen molar-refractivity contribution in [2.45, 2.75) is 20.0 Å². The minimum absolute atomic E-state index is 0.401. The van der Waals surface area contributed by atoms with Gasteiger partial charge in [-0.1, -0.05) is 30.3 Å². The number of hydrogen-bond donors (Lipinski definition) is 0. The standard InChI is InChI=1S/C7H10OSi.C4H12OSi/c1-8-9-7-5-3-2-4-6-7;1-4-5-6(2)3/h2-6H,9H2,1H3;6H,4H2,1-3H3. The Morgan fingerprint density at radius 2 is 1.80 bits per heavy atom. The molecule has 15 heavy (non-hydrogen) atoms. The highest BCUT2D eigenvalue weighted by Gasteiger charge is 1.87. The van der Waals surface area contributed by atoms with Crippen molar-refractivity contribution in [3.63, 3.8) is 0 Å². The first-order chi connectivity index (χ1) is 7.20. The van der Waals surface area contributed by atoms with Gasteiger partial charge in [-0.25, -0.2) is 0 Å². The van der Waals surface area contributed by atoms with Crippen molar-refractivity contribution < 1.29 is 8.85 Å². The number of benzene rings is 1. The lowest BCUT2D eigenvalue weighted by Gasteiger charge is -1.98. The van der Waals surface area contributed by atoms with E-state index in [9.17, 15) is 0 Å². The summed E-state index contributed by atoms with van der Waals surface area (Å²) in [5, 5.41) is 1.36. The van der Waals surface area contributed by atoms with E-state index in [1.165, 1.54) is 5.19 Å². The lowest BCUT2D eigenvalue weighted by molar-refractivity contribution is 0.350. The maximum Gasteiger partial charge on any atom is 0.191 e. The molecule has 0 spiro atoms. The van der Waals surface area contributed by atoms with Crippen LogP contribution in [0.3, 0.4) is 0 Å². The Labute approximate surface area is 97.3 Å². The van der Waals surface area contributed by atoms with Crippen LogP contribution in [0.5, 0.6) is 0 Å². The maximum atomic E-state index is 5.18. The van der Waals surface area contributed by atoms with Gasteiger partial charge in [0.1, 0.15) is 0 Å². The number of rotatable bonds is 4. The van der Waals surface area contributed by atoms with Crippen LogP contribution in [0.15, 0.2) is 30.3 Å². The molecule has 1 aromatic carbocycles. The van der Waals surface area contributed by atoms with Gasteiger partial charge in [0.15, 0.2) is 18.8 Å². The van der Waals surface area contributed by atoms with E-state index in [0.29, 0.717) is 0 Å². The zero-order valence-electron chi connectivity index (χ0n) is 10.2. The molecule has 0 atom stereocenters. The molecular weight excluding hydrogens is 220 g/mol. The summed E-state index contributed by atoms with van der Waals surface area (Å²) in [6.07, 6.45) is 0. The predicted octanol–water partition coefficient (Wildman–Crippen LogP) is 1.05. The molecule has 0 aliphatic carbocycles.